The summed E-state index contributed by atoms with van der Waals surface area (Å²) in [6.07, 6.45) is 5.66. The Hall–Kier alpha value is -1.67. The van der Waals surface area contributed by atoms with Gasteiger partial charge in [0.1, 0.15) is 6.17 Å². The monoisotopic (exact) mass is 284 g/mol. The van der Waals surface area contributed by atoms with Crippen LogP contribution in [-0.2, 0) is 5.41 Å². The van der Waals surface area contributed by atoms with E-state index >= 15 is 0 Å². The average Bonchev–Trinajstić information content (AvgIpc) is 3.03. The van der Waals surface area contributed by atoms with Gasteiger partial charge in [-0.1, -0.05) is 55.5 Å². The number of rotatable bonds is 3. The molecule has 1 aromatic heterocycles. The van der Waals surface area contributed by atoms with Crippen LogP contribution < -0.4 is 0 Å². The highest BCUT2D eigenvalue weighted by molar-refractivity contribution is 7.10. The van der Waals surface area contributed by atoms with Crippen LogP contribution in [0.25, 0.3) is 5.57 Å². The summed E-state index contributed by atoms with van der Waals surface area (Å²) in [5.41, 5.74) is 1.55. The van der Waals surface area contributed by atoms with Gasteiger partial charge < -0.3 is 0 Å². The highest BCUT2D eigenvalue weighted by Crippen LogP contribution is 2.42. The van der Waals surface area contributed by atoms with E-state index in [0.29, 0.717) is 0 Å². The van der Waals surface area contributed by atoms with Crippen LogP contribution in [0.4, 0.5) is 4.39 Å². The van der Waals surface area contributed by atoms with Crippen LogP contribution >= 0.6 is 11.3 Å². The van der Waals surface area contributed by atoms with Crippen LogP contribution in [-0.4, -0.2) is 6.17 Å². The van der Waals surface area contributed by atoms with Gasteiger partial charge in [0.05, 0.1) is 5.41 Å². The lowest BCUT2D eigenvalue weighted by Gasteiger charge is -2.33. The zero-order valence-electron chi connectivity index (χ0n) is 11.4. The smallest absolute Gasteiger partial charge is 0.133 e. The molecule has 0 saturated heterocycles. The minimum atomic E-state index is -0.980. The molecule has 0 spiro atoms. The summed E-state index contributed by atoms with van der Waals surface area (Å²) in [7, 11) is 0. The SMILES string of the molecule is CCC1(c2cccs2)C=CC(c2ccccc2)=CC1F. The molecule has 0 aliphatic heterocycles. The lowest BCUT2D eigenvalue weighted by Crippen LogP contribution is -2.34. The third kappa shape index (κ3) is 2.14. The van der Waals surface area contributed by atoms with E-state index in [4.69, 9.17) is 0 Å². The molecule has 102 valence electrons. The van der Waals surface area contributed by atoms with Crippen molar-refractivity contribution >= 4 is 16.9 Å². The predicted molar refractivity (Wildman–Crippen MR) is 84.7 cm³/mol. The molecule has 3 rings (SSSR count). The van der Waals surface area contributed by atoms with Crippen molar-refractivity contribution in [3.8, 4) is 0 Å². The van der Waals surface area contributed by atoms with Crippen molar-refractivity contribution in [1.29, 1.82) is 0 Å². The van der Waals surface area contributed by atoms with Gasteiger partial charge in [0.15, 0.2) is 0 Å². The second kappa shape index (κ2) is 5.37. The standard InChI is InChI=1S/C18H17FS/c1-2-18(17-9-6-12-20-17)11-10-15(13-16(18)19)14-7-4-3-5-8-14/h3-13,16H,2H2,1H3. The molecule has 2 heteroatoms. The molecule has 1 aromatic carbocycles. The number of halogens is 1. The fourth-order valence-corrected chi connectivity index (χ4v) is 3.77. The summed E-state index contributed by atoms with van der Waals surface area (Å²) in [4.78, 5) is 1.10. The van der Waals surface area contributed by atoms with Crippen molar-refractivity contribution in [1.82, 2.24) is 0 Å². The minimum Gasteiger partial charge on any atom is -0.242 e. The lowest BCUT2D eigenvalue weighted by atomic mass is 9.74. The van der Waals surface area contributed by atoms with Crippen molar-refractivity contribution in [3.63, 3.8) is 0 Å². The summed E-state index contributed by atoms with van der Waals surface area (Å²) in [6.45, 7) is 2.05. The Kier molecular flexibility index (Phi) is 3.58. The molecule has 0 amide bonds. The molecule has 0 N–H and O–H groups in total. The first-order valence-corrected chi connectivity index (χ1v) is 7.79. The largest absolute Gasteiger partial charge is 0.242 e. The third-order valence-corrected chi connectivity index (χ3v) is 5.11. The van der Waals surface area contributed by atoms with Crippen LogP contribution in [0, 0.1) is 0 Å². The predicted octanol–water partition coefficient (Wildman–Crippen LogP) is 5.39. The van der Waals surface area contributed by atoms with Gasteiger partial charge in [0.2, 0.25) is 0 Å². The number of hydrogen-bond donors (Lipinski definition) is 0. The van der Waals surface area contributed by atoms with E-state index in [1.54, 1.807) is 17.4 Å². The quantitative estimate of drug-likeness (QED) is 0.709. The normalized spacial score (nSPS) is 25.5. The van der Waals surface area contributed by atoms with E-state index in [9.17, 15) is 4.39 Å². The molecule has 0 fully saturated rings. The molecule has 2 aromatic rings. The Labute approximate surface area is 123 Å². The zero-order chi connectivity index (χ0) is 14.0. The topological polar surface area (TPSA) is 0 Å². The maximum atomic E-state index is 14.9. The van der Waals surface area contributed by atoms with E-state index in [1.165, 1.54) is 0 Å². The average molecular weight is 284 g/mol. The lowest BCUT2D eigenvalue weighted by molar-refractivity contribution is 0.273. The fourth-order valence-electron chi connectivity index (χ4n) is 2.76. The van der Waals surface area contributed by atoms with Gasteiger partial charge in [-0.25, -0.2) is 4.39 Å². The molecular weight excluding hydrogens is 267 g/mol. The second-order valence-electron chi connectivity index (χ2n) is 5.09. The highest BCUT2D eigenvalue weighted by atomic mass is 32.1. The first kappa shape index (κ1) is 13.3. The van der Waals surface area contributed by atoms with Gasteiger partial charge in [-0.3, -0.25) is 0 Å². The molecule has 0 nitrogen and oxygen atoms in total. The van der Waals surface area contributed by atoms with Crippen molar-refractivity contribution in [2.75, 3.05) is 0 Å². The third-order valence-electron chi connectivity index (χ3n) is 4.05. The summed E-state index contributed by atoms with van der Waals surface area (Å²) in [6, 6.07) is 14.0. The van der Waals surface area contributed by atoms with Gasteiger partial charge in [-0.2, -0.15) is 0 Å². The molecule has 1 aliphatic rings. The molecule has 1 aliphatic carbocycles. The van der Waals surface area contributed by atoms with Gasteiger partial charge in [0.25, 0.3) is 0 Å². The second-order valence-corrected chi connectivity index (χ2v) is 6.04. The molecule has 0 radical (unpaired) electrons. The van der Waals surface area contributed by atoms with Gasteiger partial charge in [0, 0.05) is 4.88 Å². The first-order chi connectivity index (χ1) is 9.76. The zero-order valence-corrected chi connectivity index (χ0v) is 12.2. The van der Waals surface area contributed by atoms with Crippen molar-refractivity contribution < 1.29 is 4.39 Å². The van der Waals surface area contributed by atoms with Crippen LogP contribution in [0.1, 0.15) is 23.8 Å². The Morgan fingerprint density at radius 2 is 1.95 bits per heavy atom. The van der Waals surface area contributed by atoms with E-state index in [2.05, 4.69) is 13.0 Å². The van der Waals surface area contributed by atoms with Crippen LogP contribution in [0.5, 0.6) is 0 Å². The highest BCUT2D eigenvalue weighted by Gasteiger charge is 2.38. The number of benzene rings is 1. The van der Waals surface area contributed by atoms with Crippen LogP contribution in [0.2, 0.25) is 0 Å². The Balaban J connectivity index is 1.98. The van der Waals surface area contributed by atoms with Crippen LogP contribution in [0.3, 0.4) is 0 Å². The Morgan fingerprint density at radius 3 is 2.55 bits per heavy atom. The summed E-state index contributed by atoms with van der Waals surface area (Å²) in [5.74, 6) is 0. The molecule has 20 heavy (non-hydrogen) atoms. The molecular formula is C18H17FS. The van der Waals surface area contributed by atoms with Crippen molar-refractivity contribution in [2.45, 2.75) is 24.9 Å². The molecule has 0 bridgehead atoms. The Morgan fingerprint density at radius 1 is 1.15 bits per heavy atom. The molecule has 2 unspecified atom stereocenters. The summed E-state index contributed by atoms with van der Waals surface area (Å²) in [5, 5.41) is 2.02. The number of thiophene rings is 1. The van der Waals surface area contributed by atoms with Crippen molar-refractivity contribution in [2.24, 2.45) is 0 Å². The first-order valence-electron chi connectivity index (χ1n) is 6.91. The van der Waals surface area contributed by atoms with E-state index < -0.39 is 11.6 Å². The molecule has 0 saturated carbocycles. The van der Waals surface area contributed by atoms with Gasteiger partial charge >= 0.3 is 0 Å². The maximum absolute atomic E-state index is 14.9. The van der Waals surface area contributed by atoms with Gasteiger partial charge in [-0.15, -0.1) is 11.3 Å². The van der Waals surface area contributed by atoms with Crippen LogP contribution in [0.15, 0.2) is 66.1 Å². The minimum absolute atomic E-state index is 0.494. The number of hydrogen-bond acceptors (Lipinski definition) is 1. The maximum Gasteiger partial charge on any atom is 0.133 e. The van der Waals surface area contributed by atoms with Gasteiger partial charge in [-0.05, 0) is 35.1 Å². The molecule has 2 atom stereocenters. The summed E-state index contributed by atoms with van der Waals surface area (Å²) >= 11 is 1.63. The number of alkyl halides is 1. The number of allylic oxidation sites excluding steroid dienone is 4. The van der Waals surface area contributed by atoms with Crippen molar-refractivity contribution in [3.05, 3.63) is 76.5 Å². The summed E-state index contributed by atoms with van der Waals surface area (Å²) < 4.78 is 14.9. The van der Waals surface area contributed by atoms with E-state index in [1.807, 2.05) is 53.9 Å². The van der Waals surface area contributed by atoms with E-state index in [-0.39, 0.29) is 0 Å². The molecule has 1 heterocycles. The Bertz CT molecular complexity index is 625. The van der Waals surface area contributed by atoms with E-state index in [0.717, 1.165) is 22.4 Å². The fraction of sp³-hybridized carbons (Fsp3) is 0.222.